The van der Waals surface area contributed by atoms with Gasteiger partial charge in [-0.05, 0) is 80.7 Å². The summed E-state index contributed by atoms with van der Waals surface area (Å²) in [4.78, 5) is 26.8. The summed E-state index contributed by atoms with van der Waals surface area (Å²) in [5.41, 5.74) is 1.38. The molecule has 46 heavy (non-hydrogen) atoms. The first-order chi connectivity index (χ1) is 22.1. The van der Waals surface area contributed by atoms with E-state index in [1.165, 1.54) is 23.5 Å². The first-order valence-corrected chi connectivity index (χ1v) is 18.0. The van der Waals surface area contributed by atoms with Gasteiger partial charge >= 0.3 is 6.09 Å². The zero-order chi connectivity index (χ0) is 33.3. The third-order valence-electron chi connectivity index (χ3n) is 9.14. The molecule has 10 nitrogen and oxygen atoms in total. The molecule has 1 aliphatic heterocycles. The van der Waals surface area contributed by atoms with Gasteiger partial charge in [-0.3, -0.25) is 4.79 Å². The van der Waals surface area contributed by atoms with E-state index in [2.05, 4.69) is 16.0 Å². The van der Waals surface area contributed by atoms with Gasteiger partial charge in [-0.15, -0.1) is 0 Å². The number of amides is 2. The van der Waals surface area contributed by atoms with Crippen LogP contribution >= 0.6 is 11.6 Å². The van der Waals surface area contributed by atoms with Crippen molar-refractivity contribution in [2.45, 2.75) is 76.0 Å². The molecule has 3 N–H and O–H groups in total. The Bertz CT molecular complexity index is 1420. The number of nitrogens with one attached hydrogen (secondary N) is 3. The van der Waals surface area contributed by atoms with E-state index in [4.69, 9.17) is 21.1 Å². The van der Waals surface area contributed by atoms with Crippen LogP contribution in [0.2, 0.25) is 5.02 Å². The second-order valence-corrected chi connectivity index (χ2v) is 14.5. The monoisotopic (exact) mass is 680 g/mol. The first kappa shape index (κ1) is 36.1. The van der Waals surface area contributed by atoms with Crippen LogP contribution in [0.15, 0.2) is 42.5 Å². The maximum Gasteiger partial charge on any atom is 0.407 e. The number of carbonyl (C=O) groups is 2. The Morgan fingerprint density at radius 1 is 1.11 bits per heavy atom. The minimum Gasteiger partial charge on any atom is -0.453 e. The molecule has 2 fully saturated rings. The molecule has 3 atom stereocenters. The predicted octanol–water partition coefficient (Wildman–Crippen LogP) is 5.08. The van der Waals surface area contributed by atoms with Crippen molar-refractivity contribution in [3.63, 3.8) is 0 Å². The van der Waals surface area contributed by atoms with E-state index >= 15 is 4.39 Å². The number of carbonyl (C=O) groups excluding carboxylic acids is 2. The Kier molecular flexibility index (Phi) is 13.2. The summed E-state index contributed by atoms with van der Waals surface area (Å²) >= 11 is 6.20. The number of nitrogens with zero attached hydrogens (tertiary/aromatic N) is 1. The summed E-state index contributed by atoms with van der Waals surface area (Å²) in [6.07, 6.45) is 3.61. The maximum atomic E-state index is 15.4. The summed E-state index contributed by atoms with van der Waals surface area (Å²) < 4.78 is 53.3. The number of sulfonamides is 1. The lowest BCUT2D eigenvalue weighted by molar-refractivity contribution is -0.119. The zero-order valence-electron chi connectivity index (χ0n) is 26.8. The van der Waals surface area contributed by atoms with Crippen molar-refractivity contribution >= 4 is 39.3 Å². The Morgan fingerprint density at radius 3 is 2.48 bits per heavy atom. The van der Waals surface area contributed by atoms with Crippen LogP contribution in [-0.2, 0) is 30.7 Å². The van der Waals surface area contributed by atoms with Gasteiger partial charge in [0.25, 0.3) is 0 Å². The van der Waals surface area contributed by atoms with Crippen molar-refractivity contribution < 1.29 is 31.9 Å². The second kappa shape index (κ2) is 16.9. The van der Waals surface area contributed by atoms with Crippen LogP contribution in [0.5, 0.6) is 0 Å². The van der Waals surface area contributed by atoms with Gasteiger partial charge in [0.1, 0.15) is 11.9 Å². The number of ether oxygens (including phenoxy) is 2. The number of hydrogen-bond donors (Lipinski definition) is 3. The quantitative estimate of drug-likeness (QED) is 0.270. The molecule has 2 amide bonds. The van der Waals surface area contributed by atoms with E-state index < -0.39 is 39.8 Å². The largest absolute Gasteiger partial charge is 0.453 e. The predicted molar refractivity (Wildman–Crippen MR) is 177 cm³/mol. The SMILES string of the molecule is CCCS(=O)(=O)N1CCNC[C@@H]1CCc1c(F)cccc1NC(=O)[C@@H](NC(=O)OC)[C@@H](c1ccc(Cl)cc1)[C@H]1CC[C@H](OC)CC1. The first-order valence-electron chi connectivity index (χ1n) is 16.0. The Balaban J connectivity index is 1.62. The lowest BCUT2D eigenvalue weighted by Crippen LogP contribution is -2.54. The summed E-state index contributed by atoms with van der Waals surface area (Å²) in [7, 11) is -0.514. The average Bonchev–Trinajstić information content (AvgIpc) is 3.05. The topological polar surface area (TPSA) is 126 Å². The van der Waals surface area contributed by atoms with Gasteiger partial charge in [0.2, 0.25) is 15.9 Å². The summed E-state index contributed by atoms with van der Waals surface area (Å²) in [6, 6.07) is 10.3. The molecule has 1 saturated heterocycles. The normalized spacial score (nSPS) is 22.1. The van der Waals surface area contributed by atoms with Gasteiger partial charge in [0.15, 0.2) is 0 Å². The van der Waals surface area contributed by atoms with Crippen LogP contribution in [-0.4, -0.2) is 82.5 Å². The Labute approximate surface area is 276 Å². The van der Waals surface area contributed by atoms with Gasteiger partial charge in [0.05, 0.1) is 19.0 Å². The van der Waals surface area contributed by atoms with E-state index in [1.807, 2.05) is 19.1 Å². The molecule has 1 saturated carbocycles. The molecule has 2 aromatic carbocycles. The van der Waals surface area contributed by atoms with E-state index in [-0.39, 0.29) is 41.5 Å². The number of alkyl carbamates (subject to hydrolysis) is 1. The van der Waals surface area contributed by atoms with E-state index in [9.17, 15) is 18.0 Å². The van der Waals surface area contributed by atoms with Crippen LogP contribution in [0.1, 0.15) is 62.5 Å². The van der Waals surface area contributed by atoms with Crippen molar-refractivity contribution in [1.82, 2.24) is 14.9 Å². The summed E-state index contributed by atoms with van der Waals surface area (Å²) in [5, 5.41) is 9.46. The Hall–Kier alpha value is -2.77. The summed E-state index contributed by atoms with van der Waals surface area (Å²) in [5.74, 6) is -1.37. The van der Waals surface area contributed by atoms with Gasteiger partial charge in [-0.2, -0.15) is 4.31 Å². The fourth-order valence-electron chi connectivity index (χ4n) is 6.79. The molecular weight excluding hydrogens is 635 g/mol. The summed E-state index contributed by atoms with van der Waals surface area (Å²) in [6.45, 7) is 3.19. The zero-order valence-corrected chi connectivity index (χ0v) is 28.3. The maximum absolute atomic E-state index is 15.4. The fourth-order valence-corrected chi connectivity index (χ4v) is 8.67. The Morgan fingerprint density at radius 2 is 1.83 bits per heavy atom. The molecule has 2 aliphatic rings. The molecule has 1 aliphatic carbocycles. The second-order valence-electron chi connectivity index (χ2n) is 12.0. The van der Waals surface area contributed by atoms with Crippen molar-refractivity contribution in [3.05, 3.63) is 64.4 Å². The smallest absolute Gasteiger partial charge is 0.407 e. The standard InChI is InChI=1S/C33H46ClFN4O6S/c1-4-20-46(42,43)39-19-18-36-21-25(39)14-17-27-28(35)6-5-7-29(27)37-32(40)31(38-33(41)45-3)30(22-8-12-24(34)13-9-22)23-10-15-26(44-2)16-11-23/h5-9,12-13,23,25-26,30-31,36H,4,10-11,14-21H2,1-3H3,(H,37,40)(H,38,41)/t23-,25-,26-,30-,31-/m0/s1. The van der Waals surface area contributed by atoms with Crippen molar-refractivity contribution in [2.75, 3.05) is 44.9 Å². The molecule has 254 valence electrons. The third-order valence-corrected chi connectivity index (χ3v) is 11.5. The van der Waals surface area contributed by atoms with E-state index in [1.54, 1.807) is 25.3 Å². The molecule has 0 unspecified atom stereocenters. The number of piperazine rings is 1. The number of benzene rings is 2. The lowest BCUT2D eigenvalue weighted by atomic mass is 9.72. The van der Waals surface area contributed by atoms with Crippen LogP contribution in [0.4, 0.5) is 14.9 Å². The molecule has 0 radical (unpaired) electrons. The third kappa shape index (κ3) is 9.19. The highest BCUT2D eigenvalue weighted by atomic mass is 35.5. The molecule has 4 rings (SSSR count). The highest BCUT2D eigenvalue weighted by Gasteiger charge is 2.39. The minimum atomic E-state index is -3.44. The van der Waals surface area contributed by atoms with Crippen LogP contribution in [0, 0.1) is 11.7 Å². The van der Waals surface area contributed by atoms with Crippen molar-refractivity contribution in [3.8, 4) is 0 Å². The van der Waals surface area contributed by atoms with Crippen molar-refractivity contribution in [2.24, 2.45) is 5.92 Å². The van der Waals surface area contributed by atoms with E-state index in [0.717, 1.165) is 31.2 Å². The van der Waals surface area contributed by atoms with Gasteiger partial charge in [-0.1, -0.05) is 36.7 Å². The number of rotatable bonds is 13. The molecule has 0 aromatic heterocycles. The highest BCUT2D eigenvalue weighted by molar-refractivity contribution is 7.89. The van der Waals surface area contributed by atoms with Crippen molar-refractivity contribution in [1.29, 1.82) is 0 Å². The van der Waals surface area contributed by atoms with Crippen LogP contribution in [0.3, 0.4) is 0 Å². The van der Waals surface area contributed by atoms with Crippen LogP contribution in [0.25, 0.3) is 0 Å². The minimum absolute atomic E-state index is 0.0299. The van der Waals surface area contributed by atoms with Gasteiger partial charge in [-0.25, -0.2) is 17.6 Å². The average molecular weight is 681 g/mol. The van der Waals surface area contributed by atoms with Crippen LogP contribution < -0.4 is 16.0 Å². The van der Waals surface area contributed by atoms with Gasteiger partial charge in [0, 0.05) is 55.0 Å². The molecule has 2 aromatic rings. The van der Waals surface area contributed by atoms with Gasteiger partial charge < -0.3 is 25.4 Å². The molecule has 0 bridgehead atoms. The molecule has 13 heteroatoms. The molecular formula is C33H46ClFN4O6S. The molecule has 0 spiro atoms. The number of hydrogen-bond acceptors (Lipinski definition) is 7. The number of methoxy groups -OCH3 is 2. The molecule has 1 heterocycles. The highest BCUT2D eigenvalue weighted by Crippen LogP contribution is 2.40. The van der Waals surface area contributed by atoms with E-state index in [0.29, 0.717) is 37.5 Å². The number of halogens is 2. The number of anilines is 1. The fraction of sp³-hybridized carbons (Fsp3) is 0.576. The lowest BCUT2D eigenvalue weighted by Gasteiger charge is -2.37.